The smallest absolute Gasteiger partial charge is 0.237 e. The average molecular weight is 236 g/mol. The zero-order chi connectivity index (χ0) is 12.7. The maximum Gasteiger partial charge on any atom is 0.237 e. The number of hydrogen-bond donors (Lipinski definition) is 3. The van der Waals surface area contributed by atoms with Crippen LogP contribution in [0.2, 0.25) is 0 Å². The summed E-state index contributed by atoms with van der Waals surface area (Å²) in [4.78, 5) is 11.7. The van der Waals surface area contributed by atoms with Gasteiger partial charge in [0.25, 0.3) is 0 Å². The zero-order valence-electron chi connectivity index (χ0n) is 10.1. The Morgan fingerprint density at radius 1 is 1.41 bits per heavy atom. The van der Waals surface area contributed by atoms with Gasteiger partial charge in [-0.2, -0.15) is 0 Å². The van der Waals surface area contributed by atoms with Crippen molar-refractivity contribution in [3.8, 4) is 0 Å². The van der Waals surface area contributed by atoms with Crippen LogP contribution in [0.15, 0.2) is 30.3 Å². The van der Waals surface area contributed by atoms with Gasteiger partial charge in [0.15, 0.2) is 0 Å². The van der Waals surface area contributed by atoms with Gasteiger partial charge in [0.05, 0.1) is 6.04 Å². The van der Waals surface area contributed by atoms with E-state index in [4.69, 9.17) is 10.8 Å². The van der Waals surface area contributed by atoms with Gasteiger partial charge in [0.1, 0.15) is 0 Å². The van der Waals surface area contributed by atoms with Crippen molar-refractivity contribution in [1.29, 1.82) is 0 Å². The van der Waals surface area contributed by atoms with Crippen LogP contribution < -0.4 is 11.1 Å². The molecule has 0 heterocycles. The summed E-state index contributed by atoms with van der Waals surface area (Å²) in [5.74, 6) is -0.171. The Morgan fingerprint density at radius 3 is 2.65 bits per heavy atom. The standard InChI is InChI=1S/C13H20N2O2/c1-10(7-8-16)15-13(17)12(14)9-11-5-3-2-4-6-11/h2-6,10,12,16H,7-9,14H2,1H3,(H,15,17). The molecule has 4 heteroatoms. The maximum atomic E-state index is 11.7. The van der Waals surface area contributed by atoms with Crippen molar-refractivity contribution in [3.05, 3.63) is 35.9 Å². The number of nitrogens with two attached hydrogens (primary N) is 1. The van der Waals surface area contributed by atoms with Crippen molar-refractivity contribution < 1.29 is 9.90 Å². The summed E-state index contributed by atoms with van der Waals surface area (Å²) >= 11 is 0. The van der Waals surface area contributed by atoms with Gasteiger partial charge in [-0.1, -0.05) is 30.3 Å². The van der Waals surface area contributed by atoms with E-state index in [1.54, 1.807) is 0 Å². The lowest BCUT2D eigenvalue weighted by Crippen LogP contribution is -2.45. The van der Waals surface area contributed by atoms with Gasteiger partial charge in [-0.15, -0.1) is 0 Å². The Labute approximate surface area is 102 Å². The maximum absolute atomic E-state index is 11.7. The van der Waals surface area contributed by atoms with E-state index < -0.39 is 6.04 Å². The number of nitrogens with one attached hydrogen (secondary N) is 1. The van der Waals surface area contributed by atoms with Crippen LogP contribution in [0.25, 0.3) is 0 Å². The first-order valence-corrected chi connectivity index (χ1v) is 5.84. The number of benzene rings is 1. The number of amides is 1. The highest BCUT2D eigenvalue weighted by atomic mass is 16.3. The highest BCUT2D eigenvalue weighted by Gasteiger charge is 2.15. The molecule has 4 N–H and O–H groups in total. The molecule has 0 aliphatic rings. The van der Waals surface area contributed by atoms with Crippen LogP contribution in [0.3, 0.4) is 0 Å². The van der Waals surface area contributed by atoms with Gasteiger partial charge in [0.2, 0.25) is 5.91 Å². The van der Waals surface area contributed by atoms with Crippen LogP contribution >= 0.6 is 0 Å². The molecule has 0 aliphatic heterocycles. The molecule has 94 valence electrons. The summed E-state index contributed by atoms with van der Waals surface area (Å²) in [7, 11) is 0. The van der Waals surface area contributed by atoms with Gasteiger partial charge in [0, 0.05) is 12.6 Å². The van der Waals surface area contributed by atoms with E-state index in [9.17, 15) is 4.79 Å². The van der Waals surface area contributed by atoms with Crippen molar-refractivity contribution in [1.82, 2.24) is 5.32 Å². The Balaban J connectivity index is 2.42. The summed E-state index contributed by atoms with van der Waals surface area (Å²) < 4.78 is 0. The molecular formula is C13H20N2O2. The van der Waals surface area contributed by atoms with E-state index >= 15 is 0 Å². The lowest BCUT2D eigenvalue weighted by molar-refractivity contribution is -0.123. The SMILES string of the molecule is CC(CCO)NC(=O)C(N)Cc1ccccc1. The van der Waals surface area contributed by atoms with Gasteiger partial charge < -0.3 is 16.2 Å². The first kappa shape index (κ1) is 13.7. The van der Waals surface area contributed by atoms with Gasteiger partial charge in [-0.05, 0) is 25.3 Å². The largest absolute Gasteiger partial charge is 0.396 e. The summed E-state index contributed by atoms with van der Waals surface area (Å²) in [5, 5.41) is 11.5. The molecule has 0 spiro atoms. The van der Waals surface area contributed by atoms with E-state index in [1.165, 1.54) is 0 Å². The first-order chi connectivity index (χ1) is 8.13. The van der Waals surface area contributed by atoms with Crippen LogP contribution in [-0.4, -0.2) is 29.7 Å². The second-order valence-corrected chi connectivity index (χ2v) is 4.22. The van der Waals surface area contributed by atoms with E-state index in [0.29, 0.717) is 12.8 Å². The number of aliphatic hydroxyl groups excluding tert-OH is 1. The topological polar surface area (TPSA) is 75.3 Å². The lowest BCUT2D eigenvalue weighted by atomic mass is 10.1. The van der Waals surface area contributed by atoms with Crippen molar-refractivity contribution in [3.63, 3.8) is 0 Å². The fourth-order valence-electron chi connectivity index (χ4n) is 1.58. The minimum atomic E-state index is -0.543. The highest BCUT2D eigenvalue weighted by molar-refractivity contribution is 5.82. The fraction of sp³-hybridized carbons (Fsp3) is 0.462. The van der Waals surface area contributed by atoms with E-state index in [-0.39, 0.29) is 18.6 Å². The van der Waals surface area contributed by atoms with Gasteiger partial charge >= 0.3 is 0 Å². The van der Waals surface area contributed by atoms with Crippen molar-refractivity contribution >= 4 is 5.91 Å². The molecule has 0 fully saturated rings. The Kier molecular flexibility index (Phi) is 5.66. The number of rotatable bonds is 6. The first-order valence-electron chi connectivity index (χ1n) is 5.84. The van der Waals surface area contributed by atoms with Crippen LogP contribution in [0.5, 0.6) is 0 Å². The third-order valence-corrected chi connectivity index (χ3v) is 2.59. The fourth-order valence-corrected chi connectivity index (χ4v) is 1.58. The van der Waals surface area contributed by atoms with E-state index in [2.05, 4.69) is 5.32 Å². The number of aliphatic hydroxyl groups is 1. The minimum absolute atomic E-state index is 0.0469. The van der Waals surface area contributed by atoms with Crippen molar-refractivity contribution in [2.45, 2.75) is 31.8 Å². The number of carbonyl (C=O) groups excluding carboxylic acids is 1. The van der Waals surface area contributed by atoms with Gasteiger partial charge in [-0.25, -0.2) is 0 Å². The summed E-state index contributed by atoms with van der Waals surface area (Å²) in [6.45, 7) is 1.92. The number of carbonyl (C=O) groups is 1. The molecule has 4 nitrogen and oxygen atoms in total. The molecule has 2 unspecified atom stereocenters. The molecule has 0 bridgehead atoms. The van der Waals surface area contributed by atoms with Crippen molar-refractivity contribution in [2.24, 2.45) is 5.73 Å². The quantitative estimate of drug-likeness (QED) is 0.671. The van der Waals surface area contributed by atoms with Crippen LogP contribution in [0.1, 0.15) is 18.9 Å². The van der Waals surface area contributed by atoms with Crippen LogP contribution in [0.4, 0.5) is 0 Å². The summed E-state index contributed by atoms with van der Waals surface area (Å²) in [6, 6.07) is 9.09. The zero-order valence-corrected chi connectivity index (χ0v) is 10.1. The molecular weight excluding hydrogens is 216 g/mol. The van der Waals surface area contributed by atoms with Crippen LogP contribution in [0, 0.1) is 0 Å². The molecule has 0 aliphatic carbocycles. The molecule has 0 aromatic heterocycles. The van der Waals surface area contributed by atoms with Gasteiger partial charge in [-0.3, -0.25) is 4.79 Å². The minimum Gasteiger partial charge on any atom is -0.396 e. The predicted molar refractivity (Wildman–Crippen MR) is 67.4 cm³/mol. The molecule has 1 rings (SSSR count). The molecule has 0 saturated carbocycles. The third kappa shape index (κ3) is 4.97. The molecule has 0 saturated heterocycles. The molecule has 1 aromatic carbocycles. The van der Waals surface area contributed by atoms with E-state index in [1.807, 2.05) is 37.3 Å². The summed E-state index contributed by atoms with van der Waals surface area (Å²) in [5.41, 5.74) is 6.87. The third-order valence-electron chi connectivity index (χ3n) is 2.59. The molecule has 2 atom stereocenters. The van der Waals surface area contributed by atoms with Crippen molar-refractivity contribution in [2.75, 3.05) is 6.61 Å². The Hall–Kier alpha value is -1.39. The lowest BCUT2D eigenvalue weighted by Gasteiger charge is -2.16. The summed E-state index contributed by atoms with van der Waals surface area (Å²) in [6.07, 6.45) is 1.07. The highest BCUT2D eigenvalue weighted by Crippen LogP contribution is 2.02. The second-order valence-electron chi connectivity index (χ2n) is 4.22. The average Bonchev–Trinajstić information content (AvgIpc) is 2.30. The molecule has 1 aromatic rings. The monoisotopic (exact) mass is 236 g/mol. The normalized spacial score (nSPS) is 14.1. The van der Waals surface area contributed by atoms with E-state index in [0.717, 1.165) is 5.56 Å². The Bertz CT molecular complexity index is 341. The Morgan fingerprint density at radius 2 is 2.06 bits per heavy atom. The second kappa shape index (κ2) is 7.04. The molecule has 1 amide bonds. The molecule has 0 radical (unpaired) electrons. The predicted octanol–water partition coefficient (Wildman–Crippen LogP) is 0.444. The number of hydrogen-bond acceptors (Lipinski definition) is 3. The molecule has 17 heavy (non-hydrogen) atoms. The van der Waals surface area contributed by atoms with Crippen LogP contribution in [-0.2, 0) is 11.2 Å².